The third kappa shape index (κ3) is 6.94. The van der Waals surface area contributed by atoms with Crippen LogP contribution in [0.4, 0.5) is 0 Å². The summed E-state index contributed by atoms with van der Waals surface area (Å²) in [5, 5.41) is 3.28. The first-order chi connectivity index (χ1) is 11.1. The van der Waals surface area contributed by atoms with Crippen LogP contribution >= 0.6 is 12.4 Å². The van der Waals surface area contributed by atoms with Gasteiger partial charge in [-0.2, -0.15) is 0 Å². The van der Waals surface area contributed by atoms with Gasteiger partial charge in [0, 0.05) is 13.2 Å². The lowest BCUT2D eigenvalue weighted by Crippen LogP contribution is -2.26. The third-order valence-electron chi connectivity index (χ3n) is 3.84. The number of halogens is 1. The third-order valence-corrected chi connectivity index (χ3v) is 5.32. The predicted molar refractivity (Wildman–Crippen MR) is 96.5 cm³/mol. The van der Waals surface area contributed by atoms with Gasteiger partial charge in [-0.05, 0) is 63.0 Å². The van der Waals surface area contributed by atoms with Crippen LogP contribution in [0.25, 0.3) is 0 Å². The normalized spacial score (nSPS) is 17.5. The fourth-order valence-electron chi connectivity index (χ4n) is 2.52. The molecular formula is C16H27ClN2O4S. The minimum atomic E-state index is -3.45. The first-order valence-corrected chi connectivity index (χ1v) is 9.61. The van der Waals surface area contributed by atoms with Gasteiger partial charge in [0.05, 0.1) is 11.5 Å². The second-order valence-electron chi connectivity index (χ2n) is 5.56. The van der Waals surface area contributed by atoms with E-state index < -0.39 is 10.0 Å². The van der Waals surface area contributed by atoms with Crippen molar-refractivity contribution in [3.8, 4) is 5.75 Å². The van der Waals surface area contributed by atoms with Gasteiger partial charge in [0.15, 0.2) is 0 Å². The molecule has 0 spiro atoms. The summed E-state index contributed by atoms with van der Waals surface area (Å²) >= 11 is 0. The van der Waals surface area contributed by atoms with Crippen molar-refractivity contribution in [3.05, 3.63) is 24.3 Å². The molecule has 0 amide bonds. The van der Waals surface area contributed by atoms with Gasteiger partial charge in [0.2, 0.25) is 10.0 Å². The van der Waals surface area contributed by atoms with Crippen molar-refractivity contribution in [3.63, 3.8) is 0 Å². The Balaban J connectivity index is 0.00000288. The summed E-state index contributed by atoms with van der Waals surface area (Å²) in [5.41, 5.74) is 0. The van der Waals surface area contributed by atoms with E-state index in [2.05, 4.69) is 10.0 Å². The highest BCUT2D eigenvalue weighted by Crippen LogP contribution is 2.16. The molecule has 0 bridgehead atoms. The number of ether oxygens (including phenoxy) is 2. The molecule has 1 aliphatic rings. The van der Waals surface area contributed by atoms with E-state index in [0.717, 1.165) is 25.9 Å². The first-order valence-electron chi connectivity index (χ1n) is 8.13. The summed E-state index contributed by atoms with van der Waals surface area (Å²) in [5.74, 6) is 1.21. The van der Waals surface area contributed by atoms with E-state index in [1.165, 1.54) is 0 Å². The van der Waals surface area contributed by atoms with Gasteiger partial charge in [0.25, 0.3) is 0 Å². The minimum Gasteiger partial charge on any atom is -0.491 e. The van der Waals surface area contributed by atoms with Gasteiger partial charge >= 0.3 is 0 Å². The molecule has 1 fully saturated rings. The Labute approximate surface area is 150 Å². The molecular weight excluding hydrogens is 352 g/mol. The van der Waals surface area contributed by atoms with E-state index in [1.807, 2.05) is 6.92 Å². The quantitative estimate of drug-likeness (QED) is 0.607. The molecule has 1 aliphatic heterocycles. The van der Waals surface area contributed by atoms with Gasteiger partial charge in [-0.15, -0.1) is 12.4 Å². The lowest BCUT2D eigenvalue weighted by molar-refractivity contribution is 0.110. The molecule has 1 heterocycles. The second kappa shape index (κ2) is 10.9. The highest BCUT2D eigenvalue weighted by Gasteiger charge is 2.17. The summed E-state index contributed by atoms with van der Waals surface area (Å²) in [6.45, 7) is 6.04. The Hall–Kier alpha value is -0.860. The lowest BCUT2D eigenvalue weighted by atomic mass is 10.1. The zero-order valence-corrected chi connectivity index (χ0v) is 15.6. The Morgan fingerprint density at radius 1 is 1.25 bits per heavy atom. The Morgan fingerprint density at radius 2 is 2.00 bits per heavy atom. The van der Waals surface area contributed by atoms with Crippen LogP contribution < -0.4 is 14.8 Å². The summed E-state index contributed by atoms with van der Waals surface area (Å²) in [7, 11) is -3.45. The van der Waals surface area contributed by atoms with Gasteiger partial charge < -0.3 is 14.8 Å². The Bertz CT molecular complexity index is 560. The molecule has 0 aromatic heterocycles. The number of hydrogen-bond donors (Lipinski definition) is 2. The van der Waals surface area contributed by atoms with Crippen molar-refractivity contribution in [2.75, 3.05) is 39.5 Å². The molecule has 0 radical (unpaired) electrons. The van der Waals surface area contributed by atoms with Crippen LogP contribution in [0.1, 0.15) is 19.8 Å². The van der Waals surface area contributed by atoms with Gasteiger partial charge in [0.1, 0.15) is 12.4 Å². The maximum atomic E-state index is 12.2. The summed E-state index contributed by atoms with van der Waals surface area (Å²) < 4.78 is 37.8. The number of benzene rings is 1. The van der Waals surface area contributed by atoms with Gasteiger partial charge in [-0.25, -0.2) is 13.1 Å². The molecule has 2 N–H and O–H groups in total. The van der Waals surface area contributed by atoms with Crippen molar-refractivity contribution in [1.82, 2.24) is 10.0 Å². The molecule has 24 heavy (non-hydrogen) atoms. The molecule has 8 heteroatoms. The second-order valence-corrected chi connectivity index (χ2v) is 7.33. The molecule has 6 nitrogen and oxygen atoms in total. The summed E-state index contributed by atoms with van der Waals surface area (Å²) in [4.78, 5) is 0.263. The van der Waals surface area contributed by atoms with E-state index in [-0.39, 0.29) is 17.3 Å². The van der Waals surface area contributed by atoms with Crippen LogP contribution in [0, 0.1) is 5.92 Å². The average molecular weight is 379 g/mol. The Kier molecular flexibility index (Phi) is 9.61. The highest BCUT2D eigenvalue weighted by atomic mass is 35.5. The zero-order chi connectivity index (χ0) is 16.5. The molecule has 1 aromatic carbocycles. The van der Waals surface area contributed by atoms with Crippen LogP contribution in [0.3, 0.4) is 0 Å². The molecule has 0 saturated carbocycles. The monoisotopic (exact) mass is 378 g/mol. The number of sulfonamides is 1. The standard InChI is InChI=1S/C16H26N2O4S.ClH/c1-2-21-11-12-22-15-3-5-16(6-4-15)23(19,20)18-10-8-14-7-9-17-13-14;/h3-6,14,17-18H,2,7-13H2,1H3;1H. The largest absolute Gasteiger partial charge is 0.491 e. The maximum absolute atomic E-state index is 12.2. The molecule has 2 rings (SSSR count). The SMILES string of the molecule is CCOCCOc1ccc(S(=O)(=O)NCCC2CCNC2)cc1.Cl. The van der Waals surface area contributed by atoms with Crippen LogP contribution in [0.15, 0.2) is 29.2 Å². The fraction of sp³-hybridized carbons (Fsp3) is 0.625. The fourth-order valence-corrected chi connectivity index (χ4v) is 3.57. The van der Waals surface area contributed by atoms with E-state index in [1.54, 1.807) is 24.3 Å². The van der Waals surface area contributed by atoms with Crippen molar-refractivity contribution < 1.29 is 17.9 Å². The topological polar surface area (TPSA) is 76.7 Å². The molecule has 1 aromatic rings. The van der Waals surface area contributed by atoms with Crippen molar-refractivity contribution >= 4 is 22.4 Å². The van der Waals surface area contributed by atoms with E-state index >= 15 is 0 Å². The predicted octanol–water partition coefficient (Wildman–Crippen LogP) is 1.80. The zero-order valence-electron chi connectivity index (χ0n) is 14.0. The Morgan fingerprint density at radius 3 is 2.62 bits per heavy atom. The molecule has 0 aliphatic carbocycles. The number of nitrogens with one attached hydrogen (secondary N) is 2. The average Bonchev–Trinajstić information content (AvgIpc) is 3.05. The molecule has 138 valence electrons. The van der Waals surface area contributed by atoms with Crippen LogP contribution in [-0.2, 0) is 14.8 Å². The summed E-state index contributed by atoms with van der Waals surface area (Å²) in [6, 6.07) is 6.47. The highest BCUT2D eigenvalue weighted by molar-refractivity contribution is 7.89. The first kappa shape index (κ1) is 21.2. The minimum absolute atomic E-state index is 0. The molecule has 1 saturated heterocycles. The van der Waals surface area contributed by atoms with E-state index in [9.17, 15) is 8.42 Å². The van der Waals surface area contributed by atoms with Crippen LogP contribution in [0.5, 0.6) is 5.75 Å². The van der Waals surface area contributed by atoms with Crippen LogP contribution in [-0.4, -0.2) is 47.9 Å². The summed E-state index contributed by atoms with van der Waals surface area (Å²) in [6.07, 6.45) is 1.99. The van der Waals surface area contributed by atoms with E-state index in [4.69, 9.17) is 9.47 Å². The smallest absolute Gasteiger partial charge is 0.240 e. The van der Waals surface area contributed by atoms with Crippen LogP contribution in [0.2, 0.25) is 0 Å². The van der Waals surface area contributed by atoms with Gasteiger partial charge in [-0.3, -0.25) is 0 Å². The van der Waals surface area contributed by atoms with Gasteiger partial charge in [-0.1, -0.05) is 0 Å². The maximum Gasteiger partial charge on any atom is 0.240 e. The molecule has 1 unspecified atom stereocenters. The van der Waals surface area contributed by atoms with E-state index in [0.29, 0.717) is 38.0 Å². The number of hydrogen-bond acceptors (Lipinski definition) is 5. The van der Waals surface area contributed by atoms with Crippen molar-refractivity contribution in [2.45, 2.75) is 24.7 Å². The number of rotatable bonds is 10. The lowest BCUT2D eigenvalue weighted by Gasteiger charge is -2.11. The van der Waals surface area contributed by atoms with Crippen molar-refractivity contribution in [1.29, 1.82) is 0 Å². The van der Waals surface area contributed by atoms with Crippen molar-refractivity contribution in [2.24, 2.45) is 5.92 Å². The molecule has 1 atom stereocenters.